The molecular weight excluding hydrogens is 143 g/mol. The van der Waals surface area contributed by atoms with E-state index in [0.29, 0.717) is 12.1 Å². The van der Waals surface area contributed by atoms with E-state index in [1.165, 1.54) is 6.07 Å². The molecule has 11 heavy (non-hydrogen) atoms. The number of nitrogens with one attached hydrogen (secondary N) is 1. The SMILES string of the molecule is Cc1ccc(CNN)c(F)c1. The van der Waals surface area contributed by atoms with Crippen molar-refractivity contribution < 1.29 is 4.39 Å². The lowest BCUT2D eigenvalue weighted by atomic mass is 10.1. The number of nitrogens with two attached hydrogens (primary N) is 1. The second-order valence-electron chi connectivity index (χ2n) is 2.48. The standard InChI is InChI=1S/C8H11FN2/c1-6-2-3-7(5-11-10)8(9)4-6/h2-4,11H,5,10H2,1H3. The summed E-state index contributed by atoms with van der Waals surface area (Å²) in [4.78, 5) is 0. The van der Waals surface area contributed by atoms with Gasteiger partial charge in [-0.2, -0.15) is 0 Å². The minimum atomic E-state index is -0.206. The number of aryl methyl sites for hydroxylation is 1. The third-order valence-electron chi connectivity index (χ3n) is 1.50. The largest absolute Gasteiger partial charge is 0.271 e. The third-order valence-corrected chi connectivity index (χ3v) is 1.50. The van der Waals surface area contributed by atoms with Gasteiger partial charge in [0.25, 0.3) is 0 Å². The summed E-state index contributed by atoms with van der Waals surface area (Å²) in [7, 11) is 0. The smallest absolute Gasteiger partial charge is 0.128 e. The zero-order valence-electron chi connectivity index (χ0n) is 6.39. The highest BCUT2D eigenvalue weighted by Gasteiger charge is 1.99. The van der Waals surface area contributed by atoms with Gasteiger partial charge in [-0.1, -0.05) is 12.1 Å². The zero-order valence-corrected chi connectivity index (χ0v) is 6.39. The maximum Gasteiger partial charge on any atom is 0.128 e. The van der Waals surface area contributed by atoms with Crippen LogP contribution in [0.4, 0.5) is 4.39 Å². The quantitative estimate of drug-likeness (QED) is 0.494. The molecule has 1 aromatic carbocycles. The van der Waals surface area contributed by atoms with Crippen LogP contribution in [0.2, 0.25) is 0 Å². The van der Waals surface area contributed by atoms with Crippen molar-refractivity contribution in [1.29, 1.82) is 0 Å². The van der Waals surface area contributed by atoms with E-state index in [0.717, 1.165) is 5.56 Å². The molecule has 0 aromatic heterocycles. The molecule has 0 bridgehead atoms. The minimum absolute atomic E-state index is 0.206. The van der Waals surface area contributed by atoms with E-state index in [4.69, 9.17) is 5.84 Å². The maximum absolute atomic E-state index is 12.9. The van der Waals surface area contributed by atoms with Gasteiger partial charge >= 0.3 is 0 Å². The van der Waals surface area contributed by atoms with Crippen LogP contribution in [-0.4, -0.2) is 0 Å². The Bertz CT molecular complexity index is 248. The van der Waals surface area contributed by atoms with Gasteiger partial charge in [0.1, 0.15) is 5.82 Å². The minimum Gasteiger partial charge on any atom is -0.271 e. The summed E-state index contributed by atoms with van der Waals surface area (Å²) in [5, 5.41) is 0. The summed E-state index contributed by atoms with van der Waals surface area (Å²) in [5.41, 5.74) is 3.92. The van der Waals surface area contributed by atoms with Gasteiger partial charge < -0.3 is 0 Å². The molecule has 0 aliphatic heterocycles. The molecule has 0 aliphatic rings. The summed E-state index contributed by atoms with van der Waals surface area (Å²) in [5.74, 6) is 4.85. The molecule has 0 aliphatic carbocycles. The number of halogens is 1. The second-order valence-corrected chi connectivity index (χ2v) is 2.48. The molecule has 0 amide bonds. The number of benzene rings is 1. The summed E-state index contributed by atoms with van der Waals surface area (Å²) >= 11 is 0. The van der Waals surface area contributed by atoms with Crippen molar-refractivity contribution in [3.8, 4) is 0 Å². The maximum atomic E-state index is 12.9. The molecule has 0 radical (unpaired) electrons. The van der Waals surface area contributed by atoms with Crippen LogP contribution in [-0.2, 0) is 6.54 Å². The van der Waals surface area contributed by atoms with E-state index in [1.54, 1.807) is 6.07 Å². The predicted octanol–water partition coefficient (Wildman–Crippen LogP) is 1.10. The van der Waals surface area contributed by atoms with Crippen LogP contribution in [0.5, 0.6) is 0 Å². The first-order valence-electron chi connectivity index (χ1n) is 3.42. The topological polar surface area (TPSA) is 38.0 Å². The Hall–Kier alpha value is -0.930. The molecule has 0 spiro atoms. The molecule has 60 valence electrons. The van der Waals surface area contributed by atoms with Crippen molar-refractivity contribution in [2.75, 3.05) is 0 Å². The molecule has 0 saturated carbocycles. The highest BCUT2D eigenvalue weighted by atomic mass is 19.1. The fraction of sp³-hybridized carbons (Fsp3) is 0.250. The first-order valence-corrected chi connectivity index (χ1v) is 3.42. The molecule has 0 atom stereocenters. The lowest BCUT2D eigenvalue weighted by Crippen LogP contribution is -2.21. The van der Waals surface area contributed by atoms with Gasteiger partial charge in [0.05, 0.1) is 0 Å². The molecule has 0 heterocycles. The van der Waals surface area contributed by atoms with Gasteiger partial charge in [-0.15, -0.1) is 0 Å². The average molecular weight is 154 g/mol. The van der Waals surface area contributed by atoms with Gasteiger partial charge in [-0.25, -0.2) is 4.39 Å². The first-order chi connectivity index (χ1) is 5.24. The Morgan fingerprint density at radius 1 is 1.55 bits per heavy atom. The summed E-state index contributed by atoms with van der Waals surface area (Å²) < 4.78 is 12.9. The number of hydrazine groups is 1. The Labute approximate surface area is 65.2 Å². The number of rotatable bonds is 2. The first kappa shape index (κ1) is 8.17. The molecule has 0 fully saturated rings. The van der Waals surface area contributed by atoms with Gasteiger partial charge in [-0.3, -0.25) is 11.3 Å². The highest BCUT2D eigenvalue weighted by Crippen LogP contribution is 2.08. The lowest BCUT2D eigenvalue weighted by Gasteiger charge is -2.01. The Morgan fingerprint density at radius 2 is 2.27 bits per heavy atom. The third kappa shape index (κ3) is 2.00. The normalized spacial score (nSPS) is 10.1. The van der Waals surface area contributed by atoms with Gasteiger partial charge in [0.15, 0.2) is 0 Å². The monoisotopic (exact) mass is 154 g/mol. The van der Waals surface area contributed by atoms with Crippen LogP contribution in [0.15, 0.2) is 18.2 Å². The van der Waals surface area contributed by atoms with Crippen molar-refractivity contribution in [3.63, 3.8) is 0 Å². The van der Waals surface area contributed by atoms with E-state index < -0.39 is 0 Å². The van der Waals surface area contributed by atoms with Crippen molar-refractivity contribution in [1.82, 2.24) is 5.43 Å². The molecule has 3 N–H and O–H groups in total. The van der Waals surface area contributed by atoms with Crippen molar-refractivity contribution in [3.05, 3.63) is 35.1 Å². The van der Waals surface area contributed by atoms with Gasteiger partial charge in [-0.05, 0) is 18.6 Å². The summed E-state index contributed by atoms with van der Waals surface area (Å²) in [6, 6.07) is 5.08. The number of hydrogen-bond donors (Lipinski definition) is 2. The summed E-state index contributed by atoms with van der Waals surface area (Å²) in [6.45, 7) is 2.22. The lowest BCUT2D eigenvalue weighted by molar-refractivity contribution is 0.593. The second kappa shape index (κ2) is 3.46. The van der Waals surface area contributed by atoms with Gasteiger partial charge in [0, 0.05) is 12.1 Å². The van der Waals surface area contributed by atoms with E-state index in [2.05, 4.69) is 5.43 Å². The van der Waals surface area contributed by atoms with Crippen LogP contribution in [0.3, 0.4) is 0 Å². The molecule has 1 aromatic rings. The van der Waals surface area contributed by atoms with E-state index in [-0.39, 0.29) is 5.82 Å². The number of hydrogen-bond acceptors (Lipinski definition) is 2. The Kier molecular flexibility index (Phi) is 2.57. The van der Waals surface area contributed by atoms with Crippen LogP contribution in [0.25, 0.3) is 0 Å². The fourth-order valence-electron chi connectivity index (χ4n) is 0.906. The van der Waals surface area contributed by atoms with Crippen LogP contribution < -0.4 is 11.3 Å². The summed E-state index contributed by atoms with van der Waals surface area (Å²) in [6.07, 6.45) is 0. The fourth-order valence-corrected chi connectivity index (χ4v) is 0.906. The van der Waals surface area contributed by atoms with Crippen molar-refractivity contribution in [2.24, 2.45) is 5.84 Å². The van der Waals surface area contributed by atoms with E-state index >= 15 is 0 Å². The Balaban J connectivity index is 2.90. The zero-order chi connectivity index (χ0) is 8.27. The average Bonchev–Trinajstić information content (AvgIpc) is 1.95. The highest BCUT2D eigenvalue weighted by molar-refractivity contribution is 5.23. The van der Waals surface area contributed by atoms with Crippen LogP contribution in [0, 0.1) is 12.7 Å². The molecule has 2 nitrogen and oxygen atoms in total. The van der Waals surface area contributed by atoms with E-state index in [9.17, 15) is 4.39 Å². The predicted molar refractivity (Wildman–Crippen MR) is 42.2 cm³/mol. The Morgan fingerprint density at radius 3 is 2.82 bits per heavy atom. The van der Waals surface area contributed by atoms with Crippen LogP contribution in [0.1, 0.15) is 11.1 Å². The molecular formula is C8H11FN2. The molecule has 3 heteroatoms. The van der Waals surface area contributed by atoms with Gasteiger partial charge in [0.2, 0.25) is 0 Å². The van der Waals surface area contributed by atoms with E-state index in [1.807, 2.05) is 13.0 Å². The van der Waals surface area contributed by atoms with Crippen molar-refractivity contribution >= 4 is 0 Å². The van der Waals surface area contributed by atoms with Crippen molar-refractivity contribution in [2.45, 2.75) is 13.5 Å². The molecule has 1 rings (SSSR count). The molecule has 0 saturated heterocycles. The molecule has 0 unspecified atom stereocenters. The van der Waals surface area contributed by atoms with Crippen LogP contribution >= 0.6 is 0 Å².